The molecule has 0 fully saturated rings. The highest BCUT2D eigenvalue weighted by molar-refractivity contribution is 5.44. The Hall–Kier alpha value is -1.32. The van der Waals surface area contributed by atoms with Gasteiger partial charge in [0.2, 0.25) is 0 Å². The molecule has 0 aliphatic rings. The Labute approximate surface area is 78.6 Å². The highest BCUT2D eigenvalue weighted by Gasteiger charge is 2.00. The number of nitrogen functional groups attached to an aromatic ring is 1. The van der Waals surface area contributed by atoms with Crippen LogP contribution in [-0.4, -0.2) is 16.5 Å². The van der Waals surface area contributed by atoms with Gasteiger partial charge in [-0.25, -0.2) is 9.97 Å². The highest BCUT2D eigenvalue weighted by Crippen LogP contribution is 2.08. The van der Waals surface area contributed by atoms with E-state index in [-0.39, 0.29) is 0 Å². The van der Waals surface area contributed by atoms with Crippen LogP contribution >= 0.6 is 0 Å². The predicted octanol–water partition coefficient (Wildman–Crippen LogP) is 1.44. The van der Waals surface area contributed by atoms with Crippen molar-refractivity contribution in [2.24, 2.45) is 0 Å². The van der Waals surface area contributed by atoms with Gasteiger partial charge >= 0.3 is 0 Å². The van der Waals surface area contributed by atoms with Gasteiger partial charge in [0.05, 0.1) is 0 Å². The minimum Gasteiger partial charge on any atom is -0.384 e. The van der Waals surface area contributed by atoms with Gasteiger partial charge in [-0.05, 0) is 13.3 Å². The van der Waals surface area contributed by atoms with Crippen LogP contribution < -0.4 is 11.1 Å². The lowest BCUT2D eigenvalue weighted by Gasteiger charge is -2.05. The molecule has 1 heterocycles. The van der Waals surface area contributed by atoms with Gasteiger partial charge in [0.25, 0.3) is 0 Å². The molecule has 0 aromatic carbocycles. The average molecular weight is 180 g/mol. The molecule has 13 heavy (non-hydrogen) atoms. The quantitative estimate of drug-likeness (QED) is 0.736. The number of nitrogens with one attached hydrogen (secondary N) is 1. The lowest BCUT2D eigenvalue weighted by atomic mass is 10.3. The number of hydrogen-bond acceptors (Lipinski definition) is 4. The molecule has 0 spiro atoms. The van der Waals surface area contributed by atoms with Gasteiger partial charge < -0.3 is 11.1 Å². The van der Waals surface area contributed by atoms with Crippen LogP contribution in [0.4, 0.5) is 11.6 Å². The Morgan fingerprint density at radius 1 is 1.38 bits per heavy atom. The standard InChI is InChI=1S/C9H16N4/c1-3-5-8-12-7(10)6-9(13-8)11-4-2/h6H,3-5H2,1-2H3,(H3,10,11,12,13). The first-order valence-corrected chi connectivity index (χ1v) is 4.63. The second kappa shape index (κ2) is 4.64. The second-order valence-electron chi connectivity index (χ2n) is 2.87. The molecule has 72 valence electrons. The number of aryl methyl sites for hydroxylation is 1. The van der Waals surface area contributed by atoms with Gasteiger partial charge in [-0.2, -0.15) is 0 Å². The van der Waals surface area contributed by atoms with Gasteiger partial charge in [-0.15, -0.1) is 0 Å². The van der Waals surface area contributed by atoms with E-state index in [1.807, 2.05) is 6.92 Å². The van der Waals surface area contributed by atoms with Gasteiger partial charge in [0, 0.05) is 19.0 Å². The zero-order chi connectivity index (χ0) is 9.68. The van der Waals surface area contributed by atoms with E-state index in [9.17, 15) is 0 Å². The minimum absolute atomic E-state index is 0.536. The SMILES string of the molecule is CCCc1nc(N)cc(NCC)n1. The normalized spacial score (nSPS) is 10.0. The summed E-state index contributed by atoms with van der Waals surface area (Å²) in [6.07, 6.45) is 1.92. The van der Waals surface area contributed by atoms with E-state index in [1.165, 1.54) is 0 Å². The number of aromatic nitrogens is 2. The molecule has 4 nitrogen and oxygen atoms in total. The lowest BCUT2D eigenvalue weighted by Crippen LogP contribution is -2.05. The van der Waals surface area contributed by atoms with E-state index in [2.05, 4.69) is 22.2 Å². The fraction of sp³-hybridized carbons (Fsp3) is 0.556. The number of anilines is 2. The molecule has 0 atom stereocenters. The van der Waals surface area contributed by atoms with Crippen molar-refractivity contribution in [1.29, 1.82) is 0 Å². The Bertz CT molecular complexity index is 248. The van der Waals surface area contributed by atoms with E-state index in [4.69, 9.17) is 5.73 Å². The maximum Gasteiger partial charge on any atom is 0.133 e. The first-order chi connectivity index (χ1) is 6.26. The number of rotatable bonds is 4. The third-order valence-electron chi connectivity index (χ3n) is 1.62. The molecule has 1 rings (SSSR count). The summed E-state index contributed by atoms with van der Waals surface area (Å²) in [6, 6.07) is 1.75. The number of nitrogens with two attached hydrogens (primary N) is 1. The van der Waals surface area contributed by atoms with Crippen molar-refractivity contribution in [1.82, 2.24) is 9.97 Å². The molecule has 0 amide bonds. The number of hydrogen-bond donors (Lipinski definition) is 2. The van der Waals surface area contributed by atoms with Gasteiger partial charge in [0.15, 0.2) is 0 Å². The summed E-state index contributed by atoms with van der Waals surface area (Å²) >= 11 is 0. The molecule has 0 bridgehead atoms. The van der Waals surface area contributed by atoms with Gasteiger partial charge in [-0.1, -0.05) is 6.92 Å². The van der Waals surface area contributed by atoms with Crippen molar-refractivity contribution in [2.75, 3.05) is 17.6 Å². The molecule has 0 saturated heterocycles. The predicted molar refractivity (Wildman–Crippen MR) is 54.6 cm³/mol. The maximum absolute atomic E-state index is 5.63. The fourth-order valence-corrected chi connectivity index (χ4v) is 1.12. The van der Waals surface area contributed by atoms with E-state index >= 15 is 0 Å². The molecule has 3 N–H and O–H groups in total. The van der Waals surface area contributed by atoms with Crippen LogP contribution in [0.25, 0.3) is 0 Å². The monoisotopic (exact) mass is 180 g/mol. The van der Waals surface area contributed by atoms with Gasteiger partial charge in [0.1, 0.15) is 17.5 Å². The van der Waals surface area contributed by atoms with Crippen molar-refractivity contribution in [3.63, 3.8) is 0 Å². The number of nitrogens with zero attached hydrogens (tertiary/aromatic N) is 2. The van der Waals surface area contributed by atoms with Crippen molar-refractivity contribution in [2.45, 2.75) is 26.7 Å². The van der Waals surface area contributed by atoms with Crippen molar-refractivity contribution in [3.8, 4) is 0 Å². The third-order valence-corrected chi connectivity index (χ3v) is 1.62. The van der Waals surface area contributed by atoms with Crippen molar-refractivity contribution >= 4 is 11.6 Å². The smallest absolute Gasteiger partial charge is 0.133 e. The summed E-state index contributed by atoms with van der Waals surface area (Å²) in [5, 5.41) is 3.12. The Balaban J connectivity index is 2.83. The van der Waals surface area contributed by atoms with Crippen LogP contribution in [-0.2, 0) is 6.42 Å². The summed E-state index contributed by atoms with van der Waals surface area (Å²) in [4.78, 5) is 8.44. The topological polar surface area (TPSA) is 63.8 Å². The lowest BCUT2D eigenvalue weighted by molar-refractivity contribution is 0.837. The van der Waals surface area contributed by atoms with Crippen LogP contribution in [0, 0.1) is 0 Å². The second-order valence-corrected chi connectivity index (χ2v) is 2.87. The molecule has 1 aromatic rings. The van der Waals surface area contributed by atoms with Crippen molar-refractivity contribution < 1.29 is 0 Å². The molecular formula is C9H16N4. The zero-order valence-electron chi connectivity index (χ0n) is 8.17. The average Bonchev–Trinajstić information content (AvgIpc) is 2.04. The molecule has 1 aromatic heterocycles. The van der Waals surface area contributed by atoms with E-state index in [0.29, 0.717) is 5.82 Å². The largest absolute Gasteiger partial charge is 0.384 e. The van der Waals surface area contributed by atoms with Gasteiger partial charge in [-0.3, -0.25) is 0 Å². The summed E-state index contributed by atoms with van der Waals surface area (Å²) in [5.41, 5.74) is 5.63. The fourth-order valence-electron chi connectivity index (χ4n) is 1.12. The van der Waals surface area contributed by atoms with Crippen LogP contribution in [0.5, 0.6) is 0 Å². The van der Waals surface area contributed by atoms with Crippen molar-refractivity contribution in [3.05, 3.63) is 11.9 Å². The Morgan fingerprint density at radius 2 is 2.15 bits per heavy atom. The first-order valence-electron chi connectivity index (χ1n) is 4.63. The molecule has 0 aliphatic carbocycles. The van der Waals surface area contributed by atoms with E-state index < -0.39 is 0 Å². The molecule has 0 unspecified atom stereocenters. The van der Waals surface area contributed by atoms with Crippen LogP contribution in [0.3, 0.4) is 0 Å². The van der Waals surface area contributed by atoms with E-state index in [1.54, 1.807) is 6.07 Å². The molecular weight excluding hydrogens is 164 g/mol. The maximum atomic E-state index is 5.63. The summed E-state index contributed by atoms with van der Waals surface area (Å²) in [5.74, 6) is 2.17. The summed E-state index contributed by atoms with van der Waals surface area (Å²) < 4.78 is 0. The summed E-state index contributed by atoms with van der Waals surface area (Å²) in [6.45, 7) is 4.97. The Kier molecular flexibility index (Phi) is 3.49. The Morgan fingerprint density at radius 3 is 2.77 bits per heavy atom. The third kappa shape index (κ3) is 2.89. The molecule has 0 radical (unpaired) electrons. The molecule has 4 heteroatoms. The zero-order valence-corrected chi connectivity index (χ0v) is 8.17. The van der Waals surface area contributed by atoms with E-state index in [0.717, 1.165) is 31.0 Å². The first kappa shape index (κ1) is 9.77. The van der Waals surface area contributed by atoms with Crippen LogP contribution in [0.2, 0.25) is 0 Å². The summed E-state index contributed by atoms with van der Waals surface area (Å²) in [7, 11) is 0. The minimum atomic E-state index is 0.536. The molecule has 0 aliphatic heterocycles. The van der Waals surface area contributed by atoms with Crippen LogP contribution in [0.1, 0.15) is 26.1 Å². The molecule has 0 saturated carbocycles. The highest BCUT2D eigenvalue weighted by atomic mass is 15.0. The van der Waals surface area contributed by atoms with Crippen LogP contribution in [0.15, 0.2) is 6.07 Å².